The molecule has 15 nitrogen and oxygen atoms in total. The number of phenols is 1. The molecular formula is C53H60F3N9O6. The third-order valence-electron chi connectivity index (χ3n) is 15.9. The van der Waals surface area contributed by atoms with E-state index in [0.29, 0.717) is 117 Å². The summed E-state index contributed by atoms with van der Waals surface area (Å²) in [6.45, 7) is 10.2. The zero-order valence-corrected chi connectivity index (χ0v) is 40.3. The zero-order chi connectivity index (χ0) is 49.4. The molecule has 0 unspecified atom stereocenters. The van der Waals surface area contributed by atoms with Crippen LogP contribution in [0.2, 0.25) is 0 Å². The van der Waals surface area contributed by atoms with E-state index in [1.807, 2.05) is 30.0 Å². The summed E-state index contributed by atoms with van der Waals surface area (Å²) in [6, 6.07) is 10.9. The number of hydrogen-bond donors (Lipinski definition) is 3. The number of amides is 3. The van der Waals surface area contributed by atoms with Gasteiger partial charge in [-0.15, -0.1) is 0 Å². The maximum absolute atomic E-state index is 17.1. The first kappa shape index (κ1) is 47.2. The van der Waals surface area contributed by atoms with Gasteiger partial charge in [0, 0.05) is 107 Å². The standard InChI is InChI=1S/C53H60F3N9O6/c1-3-36-40(54)8-5-32-24-35(66)25-38(43(32)36)45-44(55)46-39(26-57-45)47(64-16-4-11-51(2,70)28-64)60-50(59-46)71-31-52(12-13-52)29-61-17-14-53(56,15-18-61)30-62-19-21-63(22-20-62)34-6-7-37-33(23-34)27-65(49(37)69)41-9-10-42(67)58-48(41)68/h5-8,23-26,41,66,70H,3-4,9-22,27-31H2,1-2H3,(H,58,67,68)/t41-,51+/m0/s1. The topological polar surface area (TPSA) is 168 Å². The van der Waals surface area contributed by atoms with Crippen LogP contribution in [0.15, 0.2) is 48.7 Å². The summed E-state index contributed by atoms with van der Waals surface area (Å²) >= 11 is 0. The number of alkyl halides is 1. The minimum absolute atomic E-state index is 0.00897. The van der Waals surface area contributed by atoms with Crippen LogP contribution in [-0.4, -0.2) is 147 Å². The Kier molecular flexibility index (Phi) is 12.1. The molecule has 0 bridgehead atoms. The van der Waals surface area contributed by atoms with E-state index >= 15 is 13.2 Å². The fourth-order valence-corrected chi connectivity index (χ4v) is 11.8. The van der Waals surface area contributed by atoms with Gasteiger partial charge < -0.3 is 34.5 Å². The highest BCUT2D eigenvalue weighted by molar-refractivity contribution is 6.06. The number of carbonyl (C=O) groups is 3. The lowest BCUT2D eigenvalue weighted by Crippen LogP contribution is -2.54. The van der Waals surface area contributed by atoms with E-state index in [1.54, 1.807) is 17.9 Å². The number of nitrogens with zero attached hydrogens (tertiary/aromatic N) is 8. The van der Waals surface area contributed by atoms with Crippen molar-refractivity contribution in [1.29, 1.82) is 0 Å². The number of fused-ring (bicyclic) bond motifs is 3. The molecule has 4 saturated heterocycles. The maximum Gasteiger partial charge on any atom is 0.319 e. The first-order valence-electron chi connectivity index (χ1n) is 25.1. The van der Waals surface area contributed by atoms with Crippen molar-refractivity contribution in [2.24, 2.45) is 5.41 Å². The van der Waals surface area contributed by atoms with Gasteiger partial charge in [-0.2, -0.15) is 9.97 Å². The van der Waals surface area contributed by atoms with Crippen LogP contribution in [0, 0.1) is 17.0 Å². The minimum atomic E-state index is -1.32. The number of ether oxygens (including phenoxy) is 1. The molecule has 3 amide bonds. The van der Waals surface area contributed by atoms with Crippen molar-refractivity contribution in [1.82, 2.24) is 35.0 Å². The molecule has 5 fully saturated rings. The molecule has 6 aliphatic rings. The van der Waals surface area contributed by atoms with Gasteiger partial charge in [-0.1, -0.05) is 13.0 Å². The molecule has 18 heteroatoms. The Morgan fingerprint density at radius 3 is 2.38 bits per heavy atom. The van der Waals surface area contributed by atoms with Crippen LogP contribution in [0.5, 0.6) is 11.8 Å². The van der Waals surface area contributed by atoms with E-state index < -0.39 is 34.9 Å². The number of rotatable bonds is 12. The van der Waals surface area contributed by atoms with Crippen molar-refractivity contribution in [2.45, 2.75) is 95.5 Å². The second-order valence-electron chi connectivity index (χ2n) is 21.2. The third-order valence-corrected chi connectivity index (χ3v) is 15.9. The van der Waals surface area contributed by atoms with Crippen LogP contribution >= 0.6 is 0 Å². The Morgan fingerprint density at radius 1 is 0.873 bits per heavy atom. The van der Waals surface area contributed by atoms with E-state index in [9.17, 15) is 24.6 Å². The number of carbonyl (C=O) groups excluding carboxylic acids is 3. The van der Waals surface area contributed by atoms with Crippen molar-refractivity contribution in [3.8, 4) is 23.0 Å². The number of β-amino-alcohol motifs (C(OH)–C–C–N with tert-alkyl or cyclic N) is 1. The highest BCUT2D eigenvalue weighted by Gasteiger charge is 2.47. The van der Waals surface area contributed by atoms with Gasteiger partial charge in [-0.3, -0.25) is 29.6 Å². The number of aryl methyl sites for hydroxylation is 1. The quantitative estimate of drug-likeness (QED) is 0.120. The van der Waals surface area contributed by atoms with Crippen LogP contribution < -0.4 is 19.9 Å². The van der Waals surface area contributed by atoms with Gasteiger partial charge in [0.25, 0.3) is 5.91 Å². The second-order valence-corrected chi connectivity index (χ2v) is 21.2. The number of imide groups is 1. The summed E-state index contributed by atoms with van der Waals surface area (Å²) in [6.07, 6.45) is 6.31. The van der Waals surface area contributed by atoms with Crippen LogP contribution in [-0.2, 0) is 22.6 Å². The van der Waals surface area contributed by atoms with Crippen LogP contribution in [0.1, 0.15) is 86.7 Å². The van der Waals surface area contributed by atoms with Gasteiger partial charge in [0.05, 0.1) is 17.6 Å². The average molecular weight is 976 g/mol. The summed E-state index contributed by atoms with van der Waals surface area (Å²) in [5, 5.41) is 25.5. The Balaban J connectivity index is 0.733. The fraction of sp³-hybridized carbons (Fsp3) is 0.509. The highest BCUT2D eigenvalue weighted by Crippen LogP contribution is 2.48. The number of benzene rings is 3. The normalized spacial score (nSPS) is 23.7. The van der Waals surface area contributed by atoms with E-state index in [4.69, 9.17) is 9.72 Å². The molecule has 3 N–H and O–H groups in total. The fourth-order valence-electron chi connectivity index (χ4n) is 11.8. The molecule has 3 aromatic carbocycles. The predicted molar refractivity (Wildman–Crippen MR) is 261 cm³/mol. The predicted octanol–water partition coefficient (Wildman–Crippen LogP) is 6.29. The Bertz CT molecular complexity index is 2950. The summed E-state index contributed by atoms with van der Waals surface area (Å²) < 4.78 is 55.3. The number of anilines is 2. The molecule has 2 atom stereocenters. The number of aromatic hydroxyl groups is 1. The number of pyridine rings is 1. The third kappa shape index (κ3) is 9.22. The maximum atomic E-state index is 17.1. The van der Waals surface area contributed by atoms with Gasteiger partial charge in [0.2, 0.25) is 11.8 Å². The molecule has 11 rings (SSSR count). The van der Waals surface area contributed by atoms with Crippen molar-refractivity contribution in [3.63, 3.8) is 0 Å². The minimum Gasteiger partial charge on any atom is -0.508 e. The lowest BCUT2D eigenvalue weighted by atomic mass is 9.91. The first-order chi connectivity index (χ1) is 34.1. The van der Waals surface area contributed by atoms with Crippen molar-refractivity contribution in [3.05, 3.63) is 77.0 Å². The Labute approximate surface area is 410 Å². The Hall–Kier alpha value is -6.11. The number of aliphatic hydroxyl groups is 1. The lowest BCUT2D eigenvalue weighted by molar-refractivity contribution is -0.136. The molecule has 0 spiro atoms. The summed E-state index contributed by atoms with van der Waals surface area (Å²) in [5.74, 6) is -1.85. The van der Waals surface area contributed by atoms with E-state index in [-0.39, 0.29) is 65.3 Å². The van der Waals surface area contributed by atoms with Crippen molar-refractivity contribution in [2.75, 3.05) is 81.9 Å². The second kappa shape index (κ2) is 18.2. The molecule has 7 heterocycles. The number of halogens is 3. The van der Waals surface area contributed by atoms with Crippen LogP contribution in [0.25, 0.3) is 32.9 Å². The molecule has 71 heavy (non-hydrogen) atoms. The van der Waals surface area contributed by atoms with Gasteiger partial charge in [-0.05, 0) is 117 Å². The molecule has 374 valence electrons. The number of piperidine rings is 3. The van der Waals surface area contributed by atoms with E-state index in [2.05, 4.69) is 30.0 Å². The first-order valence-corrected chi connectivity index (χ1v) is 25.1. The summed E-state index contributed by atoms with van der Waals surface area (Å²) in [5.41, 5.74) is 0.430. The highest BCUT2D eigenvalue weighted by atomic mass is 19.1. The molecule has 0 radical (unpaired) electrons. The molecular weight excluding hydrogens is 916 g/mol. The number of aromatic nitrogens is 3. The molecule has 5 aliphatic heterocycles. The smallest absolute Gasteiger partial charge is 0.319 e. The Morgan fingerprint density at radius 2 is 1.65 bits per heavy atom. The van der Waals surface area contributed by atoms with Crippen molar-refractivity contribution < 1.29 is 42.5 Å². The number of likely N-dealkylation sites (tertiary alicyclic amines) is 1. The molecule has 1 saturated carbocycles. The summed E-state index contributed by atoms with van der Waals surface area (Å²) in [7, 11) is 0. The van der Waals surface area contributed by atoms with E-state index in [0.717, 1.165) is 43.7 Å². The zero-order valence-electron chi connectivity index (χ0n) is 40.3. The average Bonchev–Trinajstić information content (AvgIpc) is 4.04. The number of phenolic OH excluding ortho intramolecular Hbond substituents is 1. The van der Waals surface area contributed by atoms with Gasteiger partial charge >= 0.3 is 6.01 Å². The number of hydrogen-bond acceptors (Lipinski definition) is 13. The van der Waals surface area contributed by atoms with E-state index in [1.165, 1.54) is 24.4 Å². The molecule has 2 aromatic heterocycles. The molecule has 1 aliphatic carbocycles. The lowest BCUT2D eigenvalue weighted by Gasteiger charge is -2.43. The van der Waals surface area contributed by atoms with Crippen LogP contribution in [0.4, 0.5) is 24.7 Å². The van der Waals surface area contributed by atoms with Crippen LogP contribution in [0.3, 0.4) is 0 Å². The van der Waals surface area contributed by atoms with Gasteiger partial charge in [-0.25, -0.2) is 13.2 Å². The SMILES string of the molecule is CCc1c(F)ccc2cc(O)cc(-c3ncc4c(N5CCC[C@@](C)(O)C5)nc(OCC5(CN6CCC(F)(CN7CCN(c8ccc9c(c8)CN([C@H]8CCC(=O)NC8=O)C9=O)CC7)CC6)CC5)nc4c3F)c12. The monoisotopic (exact) mass is 975 g/mol. The number of piperazine rings is 1. The van der Waals surface area contributed by atoms with Gasteiger partial charge in [0.15, 0.2) is 5.82 Å². The largest absolute Gasteiger partial charge is 0.508 e. The van der Waals surface area contributed by atoms with Gasteiger partial charge in [0.1, 0.15) is 40.3 Å². The molecule has 5 aromatic rings. The summed E-state index contributed by atoms with van der Waals surface area (Å²) in [4.78, 5) is 61.7. The number of nitrogens with one attached hydrogen (secondary N) is 1. The van der Waals surface area contributed by atoms with Crippen molar-refractivity contribution >= 4 is 50.9 Å².